The van der Waals surface area contributed by atoms with Crippen LogP contribution in [0, 0.1) is 0 Å². The molecule has 1 aromatic rings. The molecule has 0 bridgehead atoms. The number of ether oxygens (including phenoxy) is 3. The molecule has 0 amide bonds. The van der Waals surface area contributed by atoms with Gasteiger partial charge in [-0.2, -0.15) is 0 Å². The number of phenolic OH excluding ortho intramolecular Hbond substituents is 1. The fraction of sp³-hybridized carbons (Fsp3) is 0.400. The number of aromatic hydroxyl groups is 1. The smallest absolute Gasteiger partial charge is 0.184 e. The maximum atomic E-state index is 9.53. The quantitative estimate of drug-likeness (QED) is 0.845. The van der Waals surface area contributed by atoms with E-state index < -0.39 is 6.29 Å². The summed E-state index contributed by atoms with van der Waals surface area (Å²) < 4.78 is 15.6. The molecular weight excluding hydrogens is 220 g/mol. The predicted octanol–water partition coefficient (Wildman–Crippen LogP) is 2.10. The van der Waals surface area contributed by atoms with E-state index in [4.69, 9.17) is 25.8 Å². The van der Waals surface area contributed by atoms with Gasteiger partial charge in [-0.05, 0) is 12.1 Å². The van der Waals surface area contributed by atoms with E-state index in [-0.39, 0.29) is 10.8 Å². The molecule has 82 valence electrons. The number of benzene rings is 1. The Balaban J connectivity index is 2.35. The molecule has 0 aromatic heterocycles. The van der Waals surface area contributed by atoms with Crippen molar-refractivity contribution in [3.63, 3.8) is 0 Å². The molecule has 1 aromatic carbocycles. The number of hydrogen-bond acceptors (Lipinski definition) is 4. The van der Waals surface area contributed by atoms with Gasteiger partial charge in [0.05, 0.1) is 25.3 Å². The Morgan fingerprint density at radius 2 is 2.07 bits per heavy atom. The summed E-state index contributed by atoms with van der Waals surface area (Å²) in [7, 11) is 1.46. The van der Waals surface area contributed by atoms with Gasteiger partial charge in [-0.3, -0.25) is 0 Å². The fourth-order valence-electron chi connectivity index (χ4n) is 1.44. The summed E-state index contributed by atoms with van der Waals surface area (Å²) in [6, 6.07) is 3.26. The third kappa shape index (κ3) is 2.02. The summed E-state index contributed by atoms with van der Waals surface area (Å²) in [6.45, 7) is 1.12. The lowest BCUT2D eigenvalue weighted by Gasteiger charge is -2.12. The molecule has 4 nitrogen and oxygen atoms in total. The van der Waals surface area contributed by atoms with E-state index in [9.17, 15) is 5.11 Å². The molecule has 0 unspecified atom stereocenters. The molecule has 0 aliphatic carbocycles. The molecule has 1 aliphatic heterocycles. The summed E-state index contributed by atoms with van der Waals surface area (Å²) in [5.41, 5.74) is 0.743. The third-order valence-corrected chi connectivity index (χ3v) is 2.45. The Morgan fingerprint density at radius 1 is 1.40 bits per heavy atom. The van der Waals surface area contributed by atoms with Crippen LogP contribution >= 0.6 is 11.6 Å². The van der Waals surface area contributed by atoms with Gasteiger partial charge in [0.1, 0.15) is 0 Å². The van der Waals surface area contributed by atoms with E-state index >= 15 is 0 Å². The van der Waals surface area contributed by atoms with Crippen molar-refractivity contribution in [2.45, 2.75) is 6.29 Å². The molecule has 0 saturated carbocycles. The number of hydrogen-bond donors (Lipinski definition) is 1. The molecule has 0 radical (unpaired) electrons. The largest absolute Gasteiger partial charge is 0.503 e. The first-order valence-electron chi connectivity index (χ1n) is 4.52. The van der Waals surface area contributed by atoms with Crippen molar-refractivity contribution in [2.24, 2.45) is 0 Å². The maximum absolute atomic E-state index is 9.53. The van der Waals surface area contributed by atoms with E-state index in [1.165, 1.54) is 7.11 Å². The summed E-state index contributed by atoms with van der Waals surface area (Å²) >= 11 is 5.84. The molecule has 5 heteroatoms. The molecule has 0 spiro atoms. The lowest BCUT2D eigenvalue weighted by molar-refractivity contribution is -0.0442. The molecule has 15 heavy (non-hydrogen) atoms. The summed E-state index contributed by atoms with van der Waals surface area (Å²) in [5.74, 6) is 0.248. The van der Waals surface area contributed by atoms with Crippen molar-refractivity contribution in [1.82, 2.24) is 0 Å². The Kier molecular flexibility index (Phi) is 3.00. The molecule has 1 N–H and O–H groups in total. The van der Waals surface area contributed by atoms with E-state index in [0.29, 0.717) is 19.0 Å². The molecule has 0 atom stereocenters. The average molecular weight is 231 g/mol. The summed E-state index contributed by atoms with van der Waals surface area (Å²) in [5, 5.41) is 9.75. The average Bonchev–Trinajstić information content (AvgIpc) is 2.75. The van der Waals surface area contributed by atoms with Crippen molar-refractivity contribution in [3.05, 3.63) is 22.7 Å². The van der Waals surface area contributed by atoms with Gasteiger partial charge in [-0.25, -0.2) is 0 Å². The van der Waals surface area contributed by atoms with Crippen LogP contribution < -0.4 is 4.74 Å². The van der Waals surface area contributed by atoms with Crippen LogP contribution in [0.4, 0.5) is 0 Å². The zero-order valence-electron chi connectivity index (χ0n) is 8.20. The summed E-state index contributed by atoms with van der Waals surface area (Å²) in [4.78, 5) is 0. The second-order valence-corrected chi connectivity index (χ2v) is 3.53. The van der Waals surface area contributed by atoms with Gasteiger partial charge in [0.2, 0.25) is 0 Å². The second kappa shape index (κ2) is 4.26. The van der Waals surface area contributed by atoms with Gasteiger partial charge in [0, 0.05) is 5.56 Å². The number of rotatable bonds is 2. The fourth-order valence-corrected chi connectivity index (χ4v) is 1.66. The highest BCUT2D eigenvalue weighted by Gasteiger charge is 2.21. The zero-order chi connectivity index (χ0) is 10.8. The third-order valence-electron chi connectivity index (χ3n) is 2.16. The van der Waals surface area contributed by atoms with Crippen LogP contribution in [0.5, 0.6) is 11.5 Å². The molecule has 1 saturated heterocycles. The highest BCUT2D eigenvalue weighted by Crippen LogP contribution is 2.38. The Hall–Kier alpha value is -0.970. The van der Waals surface area contributed by atoms with Crippen molar-refractivity contribution >= 4 is 11.6 Å². The van der Waals surface area contributed by atoms with E-state index in [0.717, 1.165) is 5.56 Å². The summed E-state index contributed by atoms with van der Waals surface area (Å²) in [6.07, 6.45) is -0.419. The van der Waals surface area contributed by atoms with Gasteiger partial charge < -0.3 is 19.3 Å². The Bertz CT molecular complexity index is 361. The van der Waals surface area contributed by atoms with E-state index in [2.05, 4.69) is 0 Å². The van der Waals surface area contributed by atoms with Crippen molar-refractivity contribution in [3.8, 4) is 11.5 Å². The lowest BCUT2D eigenvalue weighted by Crippen LogP contribution is -1.99. The first-order chi connectivity index (χ1) is 7.22. The SMILES string of the molecule is COc1cc(C2OCCO2)cc(Cl)c1O. The number of methoxy groups -OCH3 is 1. The Morgan fingerprint density at radius 3 is 2.67 bits per heavy atom. The van der Waals surface area contributed by atoms with Crippen LogP contribution in [0.25, 0.3) is 0 Å². The standard InChI is InChI=1S/C10H11ClO4/c1-13-8-5-6(4-7(11)9(8)12)10-14-2-3-15-10/h4-5,10,12H,2-3H2,1H3. The molecular formula is C10H11ClO4. The normalized spacial score (nSPS) is 16.9. The van der Waals surface area contributed by atoms with Crippen LogP contribution in [0.1, 0.15) is 11.9 Å². The second-order valence-electron chi connectivity index (χ2n) is 3.13. The van der Waals surface area contributed by atoms with Crippen LogP contribution in [0.15, 0.2) is 12.1 Å². The van der Waals surface area contributed by atoms with E-state index in [1.54, 1.807) is 12.1 Å². The van der Waals surface area contributed by atoms with Gasteiger partial charge in [-0.15, -0.1) is 0 Å². The van der Waals surface area contributed by atoms with Crippen molar-refractivity contribution < 1.29 is 19.3 Å². The van der Waals surface area contributed by atoms with Crippen LogP contribution in [0.2, 0.25) is 5.02 Å². The molecule has 1 heterocycles. The highest BCUT2D eigenvalue weighted by atomic mass is 35.5. The van der Waals surface area contributed by atoms with Crippen LogP contribution in [-0.4, -0.2) is 25.4 Å². The lowest BCUT2D eigenvalue weighted by atomic mass is 10.2. The van der Waals surface area contributed by atoms with E-state index in [1.807, 2.05) is 0 Å². The van der Waals surface area contributed by atoms with Gasteiger partial charge in [-0.1, -0.05) is 11.6 Å². The van der Waals surface area contributed by atoms with Gasteiger partial charge in [0.25, 0.3) is 0 Å². The zero-order valence-corrected chi connectivity index (χ0v) is 8.95. The minimum Gasteiger partial charge on any atom is -0.503 e. The van der Waals surface area contributed by atoms with Crippen LogP contribution in [0.3, 0.4) is 0 Å². The number of halogens is 1. The molecule has 2 rings (SSSR count). The first-order valence-corrected chi connectivity index (χ1v) is 4.90. The first kappa shape index (κ1) is 10.5. The molecule has 1 fully saturated rings. The van der Waals surface area contributed by atoms with Crippen LogP contribution in [-0.2, 0) is 9.47 Å². The van der Waals surface area contributed by atoms with Crippen molar-refractivity contribution in [1.29, 1.82) is 0 Å². The minimum absolute atomic E-state index is 0.0686. The predicted molar refractivity (Wildman–Crippen MR) is 54.3 cm³/mol. The monoisotopic (exact) mass is 230 g/mol. The highest BCUT2D eigenvalue weighted by molar-refractivity contribution is 6.32. The molecule has 1 aliphatic rings. The topological polar surface area (TPSA) is 47.9 Å². The van der Waals surface area contributed by atoms with Crippen molar-refractivity contribution in [2.75, 3.05) is 20.3 Å². The Labute approximate surface area is 92.3 Å². The minimum atomic E-state index is -0.419. The van der Waals surface area contributed by atoms with Gasteiger partial charge in [0.15, 0.2) is 17.8 Å². The van der Waals surface area contributed by atoms with Gasteiger partial charge >= 0.3 is 0 Å². The number of phenols is 1. The maximum Gasteiger partial charge on any atom is 0.184 e.